The number of carbonyl (C=O) groups is 1. The van der Waals surface area contributed by atoms with Crippen molar-refractivity contribution in [3.63, 3.8) is 0 Å². The number of halogens is 5. The van der Waals surface area contributed by atoms with Crippen LogP contribution in [0.25, 0.3) is 6.08 Å². The molecule has 1 saturated heterocycles. The van der Waals surface area contributed by atoms with Crippen LogP contribution in [-0.4, -0.2) is 15.3 Å². The van der Waals surface area contributed by atoms with Crippen LogP contribution in [0.3, 0.4) is 0 Å². The Balaban J connectivity index is 1.97. The monoisotopic (exact) mass is 633 g/mol. The summed E-state index contributed by atoms with van der Waals surface area (Å²) in [5.41, 5.74) is -0.0857. The molecule has 0 aromatic heterocycles. The number of amides is 1. The molecule has 140 valence electrons. The highest BCUT2D eigenvalue weighted by atomic mass is 127. The van der Waals surface area contributed by atoms with Gasteiger partial charge in [0.15, 0.2) is 4.32 Å². The number of thioether (sulfide) groups is 1. The molecule has 1 amide bonds. The number of carbonyl (C=O) groups excluding carboxylic acids is 1. The SMILES string of the molecule is O=C1/C(=C/c2cc(I)c(O)c(I)c2)SC(=S)N1c1cccc(C(F)(F)F)c1. The number of nitrogens with zero attached hydrogens (tertiary/aromatic N) is 1. The Morgan fingerprint density at radius 3 is 2.37 bits per heavy atom. The Hall–Kier alpha value is -0.860. The van der Waals surface area contributed by atoms with Gasteiger partial charge in [-0.3, -0.25) is 9.69 Å². The van der Waals surface area contributed by atoms with Crippen molar-refractivity contribution in [1.29, 1.82) is 0 Å². The molecular weight excluding hydrogens is 625 g/mol. The molecule has 1 aliphatic heterocycles. The standard InChI is InChI=1S/C17H8F3I2NO2S2/c18-17(19,20)9-2-1-3-10(7-9)23-15(25)13(27-16(23)26)6-8-4-11(21)14(24)12(22)5-8/h1-7,24H/b13-6-. The van der Waals surface area contributed by atoms with Crippen LogP contribution in [0, 0.1) is 7.14 Å². The predicted molar refractivity (Wildman–Crippen MR) is 121 cm³/mol. The van der Waals surface area contributed by atoms with Gasteiger partial charge >= 0.3 is 6.18 Å². The summed E-state index contributed by atoms with van der Waals surface area (Å²) in [7, 11) is 0. The van der Waals surface area contributed by atoms with Crippen LogP contribution in [0.1, 0.15) is 11.1 Å². The number of phenols is 1. The minimum absolute atomic E-state index is 0.0746. The van der Waals surface area contributed by atoms with Crippen LogP contribution >= 0.6 is 69.2 Å². The van der Waals surface area contributed by atoms with Gasteiger partial charge in [-0.25, -0.2) is 0 Å². The van der Waals surface area contributed by atoms with E-state index in [0.717, 1.165) is 28.8 Å². The van der Waals surface area contributed by atoms with Crippen molar-refractivity contribution in [2.75, 3.05) is 4.90 Å². The van der Waals surface area contributed by atoms with Crippen LogP contribution in [0.4, 0.5) is 18.9 Å². The lowest BCUT2D eigenvalue weighted by Gasteiger charge is -2.16. The molecule has 0 atom stereocenters. The van der Waals surface area contributed by atoms with Gasteiger partial charge in [-0.05, 0) is 87.2 Å². The minimum atomic E-state index is -4.51. The van der Waals surface area contributed by atoms with E-state index in [9.17, 15) is 23.1 Å². The smallest absolute Gasteiger partial charge is 0.416 e. The Morgan fingerprint density at radius 2 is 1.78 bits per heavy atom. The van der Waals surface area contributed by atoms with Crippen molar-refractivity contribution >= 4 is 91.2 Å². The van der Waals surface area contributed by atoms with Crippen molar-refractivity contribution in [2.24, 2.45) is 0 Å². The molecule has 1 heterocycles. The molecule has 3 nitrogen and oxygen atoms in total. The first-order valence-electron chi connectivity index (χ1n) is 7.21. The molecule has 0 bridgehead atoms. The molecule has 0 spiro atoms. The quantitative estimate of drug-likeness (QED) is 0.250. The van der Waals surface area contributed by atoms with E-state index in [2.05, 4.69) is 0 Å². The first-order valence-corrected chi connectivity index (χ1v) is 10.6. The number of benzene rings is 2. The van der Waals surface area contributed by atoms with E-state index >= 15 is 0 Å². The van der Waals surface area contributed by atoms with Gasteiger partial charge in [0.25, 0.3) is 5.91 Å². The zero-order valence-corrected chi connectivity index (χ0v) is 19.0. The lowest BCUT2D eigenvalue weighted by molar-refractivity contribution is -0.137. The van der Waals surface area contributed by atoms with Crippen LogP contribution in [-0.2, 0) is 11.0 Å². The number of rotatable bonds is 2. The lowest BCUT2D eigenvalue weighted by atomic mass is 10.1. The van der Waals surface area contributed by atoms with Gasteiger partial charge < -0.3 is 5.11 Å². The zero-order valence-electron chi connectivity index (χ0n) is 13.1. The average Bonchev–Trinajstić information content (AvgIpc) is 2.85. The number of thiocarbonyl (C=S) groups is 1. The molecular formula is C17H8F3I2NO2S2. The third kappa shape index (κ3) is 4.43. The maximum atomic E-state index is 12.9. The summed E-state index contributed by atoms with van der Waals surface area (Å²) in [4.78, 5) is 14.1. The number of alkyl halides is 3. The topological polar surface area (TPSA) is 40.5 Å². The number of phenolic OH excluding ortho intramolecular Hbond substituents is 1. The summed E-state index contributed by atoms with van der Waals surface area (Å²) in [6, 6.07) is 7.90. The fraction of sp³-hybridized carbons (Fsp3) is 0.0588. The van der Waals surface area contributed by atoms with E-state index in [1.807, 2.05) is 45.2 Å². The normalized spacial score (nSPS) is 16.5. The Kier molecular flexibility index (Phi) is 6.08. The molecule has 1 N–H and O–H groups in total. The van der Waals surface area contributed by atoms with Gasteiger partial charge in [0.1, 0.15) is 5.75 Å². The van der Waals surface area contributed by atoms with Crippen molar-refractivity contribution in [3.05, 3.63) is 59.6 Å². The molecule has 0 radical (unpaired) electrons. The van der Waals surface area contributed by atoms with Gasteiger partial charge in [0, 0.05) is 0 Å². The summed E-state index contributed by atoms with van der Waals surface area (Å²) < 4.78 is 40.2. The van der Waals surface area contributed by atoms with E-state index in [1.165, 1.54) is 12.1 Å². The van der Waals surface area contributed by atoms with Crippen LogP contribution in [0.5, 0.6) is 5.75 Å². The number of anilines is 1. The summed E-state index contributed by atoms with van der Waals surface area (Å²) in [6.45, 7) is 0. The summed E-state index contributed by atoms with van der Waals surface area (Å²) >= 11 is 10.2. The first kappa shape index (κ1) is 20.9. The number of hydrogen-bond acceptors (Lipinski definition) is 4. The van der Waals surface area contributed by atoms with E-state index in [-0.39, 0.29) is 15.8 Å². The number of aromatic hydroxyl groups is 1. The third-order valence-corrected chi connectivity index (χ3v) is 6.51. The predicted octanol–water partition coefficient (Wildman–Crippen LogP) is 6.03. The van der Waals surface area contributed by atoms with Crippen molar-refractivity contribution in [3.8, 4) is 5.75 Å². The van der Waals surface area contributed by atoms with Gasteiger partial charge in [-0.15, -0.1) is 0 Å². The van der Waals surface area contributed by atoms with Gasteiger partial charge in [-0.1, -0.05) is 30.0 Å². The molecule has 27 heavy (non-hydrogen) atoms. The second-order valence-corrected chi connectivity index (χ2v) is 9.40. The molecule has 2 aromatic carbocycles. The van der Waals surface area contributed by atoms with Crippen LogP contribution < -0.4 is 4.90 Å². The first-order chi connectivity index (χ1) is 12.6. The average molecular weight is 633 g/mol. The molecule has 2 aromatic rings. The molecule has 0 unspecified atom stereocenters. The largest absolute Gasteiger partial charge is 0.506 e. The summed E-state index contributed by atoms with van der Waals surface area (Å²) in [5, 5.41) is 9.84. The Morgan fingerprint density at radius 1 is 1.15 bits per heavy atom. The summed E-state index contributed by atoms with van der Waals surface area (Å²) in [6.07, 6.45) is -2.90. The van der Waals surface area contributed by atoms with E-state index in [1.54, 1.807) is 18.2 Å². The maximum Gasteiger partial charge on any atom is 0.416 e. The Labute approximate surface area is 189 Å². The maximum absolute atomic E-state index is 12.9. The second-order valence-electron chi connectivity index (χ2n) is 5.40. The van der Waals surface area contributed by atoms with Gasteiger partial charge in [0.2, 0.25) is 0 Å². The molecule has 1 aliphatic rings. The van der Waals surface area contributed by atoms with E-state index < -0.39 is 17.6 Å². The molecule has 0 aliphatic carbocycles. The molecule has 1 fully saturated rings. The highest BCUT2D eigenvalue weighted by Gasteiger charge is 2.36. The van der Waals surface area contributed by atoms with Crippen molar-refractivity contribution < 1.29 is 23.1 Å². The third-order valence-electron chi connectivity index (χ3n) is 3.56. The van der Waals surface area contributed by atoms with E-state index in [4.69, 9.17) is 12.2 Å². The Bertz CT molecular complexity index is 969. The van der Waals surface area contributed by atoms with Crippen LogP contribution in [0.2, 0.25) is 0 Å². The highest BCUT2D eigenvalue weighted by Crippen LogP contribution is 2.39. The molecule has 10 heteroatoms. The fourth-order valence-electron chi connectivity index (χ4n) is 2.33. The number of hydrogen-bond donors (Lipinski definition) is 1. The lowest BCUT2D eigenvalue weighted by Crippen LogP contribution is -2.27. The minimum Gasteiger partial charge on any atom is -0.506 e. The van der Waals surface area contributed by atoms with Gasteiger partial charge in [0.05, 0.1) is 23.3 Å². The zero-order chi connectivity index (χ0) is 19.9. The van der Waals surface area contributed by atoms with E-state index in [0.29, 0.717) is 17.6 Å². The molecule has 0 saturated carbocycles. The van der Waals surface area contributed by atoms with Gasteiger partial charge in [-0.2, -0.15) is 13.2 Å². The second kappa shape index (κ2) is 7.87. The van der Waals surface area contributed by atoms with Crippen molar-refractivity contribution in [1.82, 2.24) is 0 Å². The summed E-state index contributed by atoms with van der Waals surface area (Å²) in [5.74, 6) is -0.327. The van der Waals surface area contributed by atoms with Crippen molar-refractivity contribution in [2.45, 2.75) is 6.18 Å². The highest BCUT2D eigenvalue weighted by molar-refractivity contribution is 14.1. The fourth-order valence-corrected chi connectivity index (χ4v) is 5.45. The van der Waals surface area contributed by atoms with Crippen LogP contribution in [0.15, 0.2) is 41.3 Å². The molecule has 3 rings (SSSR count).